The molecule has 6 N–H and O–H groups in total. The number of rotatable bonds is 55. The van der Waals surface area contributed by atoms with Crippen LogP contribution in [0.15, 0.2) is 24.3 Å². The maximum Gasteiger partial charge on any atom is 0.305 e. The summed E-state index contributed by atoms with van der Waals surface area (Å²) in [5.41, 5.74) is 0. The Morgan fingerprint density at radius 2 is 0.865 bits per heavy atom. The molecule has 0 saturated carbocycles. The second-order valence-electron chi connectivity index (χ2n) is 22.1. The van der Waals surface area contributed by atoms with Crippen LogP contribution in [0.1, 0.15) is 303 Å². The van der Waals surface area contributed by atoms with Gasteiger partial charge in [-0.2, -0.15) is 0 Å². The van der Waals surface area contributed by atoms with E-state index in [1.54, 1.807) is 6.08 Å². The van der Waals surface area contributed by atoms with Crippen LogP contribution >= 0.6 is 0 Å². The highest BCUT2D eigenvalue weighted by atomic mass is 16.7. The Morgan fingerprint density at radius 3 is 1.30 bits per heavy atom. The SMILES string of the molecule is CCCCCCCCC/C=C/C(O)C(COC1OC(CO)C(O)C(O)C1O)NC(=O)CCCCCCCCC/C=C\CCCCCCCCCCCOC(=O)CCCCCCCCCCCCCCCCCCC. The molecule has 0 bridgehead atoms. The first-order valence-corrected chi connectivity index (χ1v) is 31.6. The standard InChI is InChI=1S/C63H119NO10/c1-3-5-7-9-11-13-14-15-16-21-25-28-31-35-39-43-47-51-59(68)72-52-48-44-40-36-32-29-26-23-20-18-17-19-22-24-27-30-34-38-42-46-50-58(67)64-55(56(66)49-45-41-37-33-12-10-8-6-4-2)54-73-63-62(71)61(70)60(69)57(53-65)74-63/h17,19,45,49,55-57,60-63,65-66,69-71H,3-16,18,20-44,46-48,50-54H2,1-2H3,(H,64,67)/b19-17-,49-45+. The van der Waals surface area contributed by atoms with Crippen molar-refractivity contribution >= 4 is 11.9 Å². The molecule has 0 spiro atoms. The molecule has 1 aliphatic heterocycles. The molecule has 0 aromatic heterocycles. The van der Waals surface area contributed by atoms with Crippen LogP contribution in [-0.4, -0.2) is 100 Å². The Morgan fingerprint density at radius 1 is 0.486 bits per heavy atom. The van der Waals surface area contributed by atoms with Crippen LogP contribution in [0.25, 0.3) is 0 Å². The summed E-state index contributed by atoms with van der Waals surface area (Å²) in [6.07, 6.45) is 54.4. The van der Waals surface area contributed by atoms with Crippen molar-refractivity contribution in [2.24, 2.45) is 0 Å². The minimum Gasteiger partial charge on any atom is -0.466 e. The third-order valence-corrected chi connectivity index (χ3v) is 15.1. The van der Waals surface area contributed by atoms with E-state index in [0.717, 1.165) is 77.0 Å². The molecule has 7 unspecified atom stereocenters. The van der Waals surface area contributed by atoms with Crippen molar-refractivity contribution in [2.75, 3.05) is 19.8 Å². The maximum atomic E-state index is 13.0. The Kier molecular flexibility index (Phi) is 50.4. The summed E-state index contributed by atoms with van der Waals surface area (Å²) in [6.45, 7) is 4.32. The third-order valence-electron chi connectivity index (χ3n) is 15.1. The smallest absolute Gasteiger partial charge is 0.305 e. The molecule has 1 aliphatic rings. The molecule has 0 aliphatic carbocycles. The molecule has 1 heterocycles. The molecule has 1 amide bonds. The van der Waals surface area contributed by atoms with E-state index in [1.807, 2.05) is 6.08 Å². The van der Waals surface area contributed by atoms with Crippen LogP contribution in [-0.2, 0) is 23.8 Å². The van der Waals surface area contributed by atoms with Crippen molar-refractivity contribution in [3.05, 3.63) is 24.3 Å². The number of allylic oxidation sites excluding steroid dienone is 3. The highest BCUT2D eigenvalue weighted by Crippen LogP contribution is 2.23. The summed E-state index contributed by atoms with van der Waals surface area (Å²) in [5, 5.41) is 54.2. The molecule has 11 heteroatoms. The first kappa shape index (κ1) is 70.2. The third kappa shape index (κ3) is 42.2. The van der Waals surface area contributed by atoms with E-state index in [-0.39, 0.29) is 18.5 Å². The number of amides is 1. The number of hydrogen-bond donors (Lipinski definition) is 6. The molecule has 436 valence electrons. The first-order valence-electron chi connectivity index (χ1n) is 31.6. The highest BCUT2D eigenvalue weighted by Gasteiger charge is 2.44. The van der Waals surface area contributed by atoms with E-state index in [2.05, 4.69) is 31.3 Å². The molecule has 0 aromatic rings. The molecule has 0 radical (unpaired) electrons. The van der Waals surface area contributed by atoms with Gasteiger partial charge < -0.3 is 45.1 Å². The Balaban J connectivity index is 1.99. The molecule has 74 heavy (non-hydrogen) atoms. The molecule has 11 nitrogen and oxygen atoms in total. The van der Waals surface area contributed by atoms with E-state index in [4.69, 9.17) is 14.2 Å². The molecule has 0 aromatic carbocycles. The van der Waals surface area contributed by atoms with Gasteiger partial charge in [0.1, 0.15) is 24.4 Å². The van der Waals surface area contributed by atoms with E-state index in [9.17, 15) is 35.1 Å². The second-order valence-corrected chi connectivity index (χ2v) is 22.1. The van der Waals surface area contributed by atoms with E-state index in [0.29, 0.717) is 19.4 Å². The average Bonchev–Trinajstić information content (AvgIpc) is 3.40. The quantitative estimate of drug-likeness (QED) is 0.0195. The predicted octanol–water partition coefficient (Wildman–Crippen LogP) is 14.9. The number of aliphatic hydroxyl groups excluding tert-OH is 5. The average molecular weight is 1050 g/mol. The van der Waals surface area contributed by atoms with E-state index < -0.39 is 49.5 Å². The number of unbranched alkanes of at least 4 members (excludes halogenated alkanes) is 39. The van der Waals surface area contributed by atoms with Crippen molar-refractivity contribution in [3.8, 4) is 0 Å². The van der Waals surface area contributed by atoms with Gasteiger partial charge in [0.25, 0.3) is 0 Å². The fraction of sp³-hybridized carbons (Fsp3) is 0.905. The summed E-state index contributed by atoms with van der Waals surface area (Å²) in [4.78, 5) is 25.1. The lowest BCUT2D eigenvalue weighted by molar-refractivity contribution is -0.302. The number of carbonyl (C=O) groups is 2. The fourth-order valence-corrected chi connectivity index (χ4v) is 10.0. The molecular weight excluding hydrogens is 931 g/mol. The summed E-state index contributed by atoms with van der Waals surface area (Å²) in [7, 11) is 0. The summed E-state index contributed by atoms with van der Waals surface area (Å²) in [5.74, 6) is -0.195. The normalized spacial score (nSPS) is 18.9. The molecule has 1 rings (SSSR count). The van der Waals surface area contributed by atoms with Crippen molar-refractivity contribution in [1.29, 1.82) is 0 Å². The second kappa shape index (κ2) is 53.2. The maximum absolute atomic E-state index is 13.0. The molecule has 7 atom stereocenters. The summed E-state index contributed by atoms with van der Waals surface area (Å²) < 4.78 is 16.7. The van der Waals surface area contributed by atoms with Gasteiger partial charge in [0.2, 0.25) is 5.91 Å². The van der Waals surface area contributed by atoms with Crippen molar-refractivity contribution in [1.82, 2.24) is 5.32 Å². The highest BCUT2D eigenvalue weighted by molar-refractivity contribution is 5.76. The summed E-state index contributed by atoms with van der Waals surface area (Å²) >= 11 is 0. The van der Waals surface area contributed by atoms with Gasteiger partial charge in [0.05, 0.1) is 32.0 Å². The van der Waals surface area contributed by atoms with Crippen LogP contribution in [0.5, 0.6) is 0 Å². The van der Waals surface area contributed by atoms with Gasteiger partial charge in [-0.15, -0.1) is 0 Å². The lowest BCUT2D eigenvalue weighted by Gasteiger charge is -2.40. The predicted molar refractivity (Wildman–Crippen MR) is 306 cm³/mol. The minimum atomic E-state index is -1.57. The van der Waals surface area contributed by atoms with Gasteiger partial charge in [-0.05, 0) is 57.8 Å². The van der Waals surface area contributed by atoms with E-state index in [1.165, 1.54) is 199 Å². The van der Waals surface area contributed by atoms with Gasteiger partial charge in [0.15, 0.2) is 6.29 Å². The molecular formula is C63H119NO10. The van der Waals surface area contributed by atoms with Crippen molar-refractivity contribution in [3.63, 3.8) is 0 Å². The Bertz CT molecular complexity index is 1280. The van der Waals surface area contributed by atoms with E-state index >= 15 is 0 Å². The topological polar surface area (TPSA) is 175 Å². The molecule has 1 saturated heterocycles. The van der Waals surface area contributed by atoms with Crippen LogP contribution in [0, 0.1) is 0 Å². The lowest BCUT2D eigenvalue weighted by Crippen LogP contribution is -2.60. The Hall–Kier alpha value is -1.86. The zero-order chi connectivity index (χ0) is 53.8. The van der Waals surface area contributed by atoms with Gasteiger partial charge in [0, 0.05) is 12.8 Å². The van der Waals surface area contributed by atoms with Gasteiger partial charge in [-0.3, -0.25) is 9.59 Å². The van der Waals surface area contributed by atoms with Crippen molar-refractivity contribution < 1.29 is 49.3 Å². The van der Waals surface area contributed by atoms with Crippen LogP contribution in [0.3, 0.4) is 0 Å². The van der Waals surface area contributed by atoms with Crippen LogP contribution < -0.4 is 5.32 Å². The van der Waals surface area contributed by atoms with Gasteiger partial charge >= 0.3 is 5.97 Å². The fourth-order valence-electron chi connectivity index (χ4n) is 10.0. The summed E-state index contributed by atoms with van der Waals surface area (Å²) in [6, 6.07) is -0.814. The number of ether oxygens (including phenoxy) is 3. The zero-order valence-corrected chi connectivity index (χ0v) is 48.1. The minimum absolute atomic E-state index is 0.00364. The largest absolute Gasteiger partial charge is 0.466 e. The van der Waals surface area contributed by atoms with Crippen LogP contribution in [0.2, 0.25) is 0 Å². The number of aliphatic hydroxyl groups is 5. The number of carbonyl (C=O) groups excluding carboxylic acids is 2. The lowest BCUT2D eigenvalue weighted by atomic mass is 9.99. The number of esters is 1. The van der Waals surface area contributed by atoms with Gasteiger partial charge in [-0.1, -0.05) is 256 Å². The number of nitrogens with one attached hydrogen (secondary N) is 1. The first-order chi connectivity index (χ1) is 36.2. The Labute approximate surface area is 454 Å². The zero-order valence-electron chi connectivity index (χ0n) is 48.1. The molecule has 1 fully saturated rings. The van der Waals surface area contributed by atoms with Crippen molar-refractivity contribution in [2.45, 2.75) is 346 Å². The monoisotopic (exact) mass is 1050 g/mol. The van der Waals surface area contributed by atoms with Crippen LogP contribution in [0.4, 0.5) is 0 Å². The number of hydrogen-bond acceptors (Lipinski definition) is 10. The van der Waals surface area contributed by atoms with Gasteiger partial charge in [-0.25, -0.2) is 0 Å².